The summed E-state index contributed by atoms with van der Waals surface area (Å²) in [5.41, 5.74) is 0.893. The molecule has 7 heteroatoms. The van der Waals surface area contributed by atoms with E-state index in [0.29, 0.717) is 38.3 Å². The van der Waals surface area contributed by atoms with Crippen LogP contribution in [-0.2, 0) is 11.0 Å². The molecule has 2 aromatic rings. The Morgan fingerprint density at radius 2 is 1.76 bits per heavy atom. The Labute approximate surface area is 167 Å². The minimum absolute atomic E-state index is 0.310. The summed E-state index contributed by atoms with van der Waals surface area (Å²) in [4.78, 5) is 13.4. The average molecular weight is 407 g/mol. The average Bonchev–Trinajstić information content (AvgIpc) is 2.70. The van der Waals surface area contributed by atoms with Crippen molar-refractivity contribution in [1.29, 1.82) is 0 Å². The Kier molecular flexibility index (Phi) is 6.47. The van der Waals surface area contributed by atoms with Crippen LogP contribution in [0.25, 0.3) is 0 Å². The van der Waals surface area contributed by atoms with Gasteiger partial charge in [-0.2, -0.15) is 13.2 Å². The van der Waals surface area contributed by atoms with Crippen LogP contribution in [0.5, 0.6) is 5.75 Å². The first-order chi connectivity index (χ1) is 13.8. The van der Waals surface area contributed by atoms with E-state index >= 15 is 0 Å². The number of hydrogen-bond donors (Lipinski definition) is 1. The summed E-state index contributed by atoms with van der Waals surface area (Å²) in [6.07, 6.45) is -3.39. The Hall–Kier alpha value is -2.54. The zero-order valence-electron chi connectivity index (χ0n) is 16.2. The van der Waals surface area contributed by atoms with E-state index in [-0.39, 0.29) is 12.0 Å². The van der Waals surface area contributed by atoms with Crippen LogP contribution in [0.4, 0.5) is 13.2 Å². The summed E-state index contributed by atoms with van der Waals surface area (Å²) in [6, 6.07) is 12.4. The van der Waals surface area contributed by atoms with Crippen molar-refractivity contribution in [1.82, 2.24) is 4.90 Å². The van der Waals surface area contributed by atoms with E-state index in [1.165, 1.54) is 12.1 Å². The van der Waals surface area contributed by atoms with Crippen LogP contribution in [0, 0.1) is 5.92 Å². The first-order valence-electron chi connectivity index (χ1n) is 9.67. The van der Waals surface area contributed by atoms with Gasteiger partial charge in [-0.3, -0.25) is 9.69 Å². The highest BCUT2D eigenvalue weighted by Crippen LogP contribution is 2.38. The molecule has 156 valence electrons. The van der Waals surface area contributed by atoms with Gasteiger partial charge in [0.2, 0.25) is 0 Å². The predicted octanol–water partition coefficient (Wildman–Crippen LogP) is 4.99. The lowest BCUT2D eigenvalue weighted by Gasteiger charge is -2.37. The number of benzene rings is 2. The second-order valence-corrected chi connectivity index (χ2v) is 7.14. The molecule has 0 spiro atoms. The standard InChI is InChI=1S/C22H24F3NO3/c1-2-29-19-6-4-3-5-18(19)20(26-13-11-16(12-14-26)21(27)28)15-7-9-17(10-8-15)22(23,24)25/h3-10,16,20H,2,11-14H2,1H3,(H,27,28). The summed E-state index contributed by atoms with van der Waals surface area (Å²) in [6.45, 7) is 3.44. The summed E-state index contributed by atoms with van der Waals surface area (Å²) in [5, 5.41) is 9.27. The molecule has 1 atom stereocenters. The molecule has 0 saturated carbocycles. The van der Waals surface area contributed by atoms with Gasteiger partial charge in [-0.25, -0.2) is 0 Å². The van der Waals surface area contributed by atoms with Crippen LogP contribution in [0.15, 0.2) is 48.5 Å². The van der Waals surface area contributed by atoms with Crippen molar-refractivity contribution >= 4 is 5.97 Å². The van der Waals surface area contributed by atoms with Gasteiger partial charge in [-0.15, -0.1) is 0 Å². The van der Waals surface area contributed by atoms with Crippen LogP contribution in [0.3, 0.4) is 0 Å². The second-order valence-electron chi connectivity index (χ2n) is 7.14. The van der Waals surface area contributed by atoms with E-state index in [1.54, 1.807) is 0 Å². The number of likely N-dealkylation sites (tertiary alicyclic amines) is 1. The molecular formula is C22H24F3NO3. The van der Waals surface area contributed by atoms with Gasteiger partial charge in [0.05, 0.1) is 24.1 Å². The fourth-order valence-corrected chi connectivity index (χ4v) is 3.84. The molecule has 1 unspecified atom stereocenters. The van der Waals surface area contributed by atoms with E-state index in [1.807, 2.05) is 31.2 Å². The van der Waals surface area contributed by atoms with Gasteiger partial charge >= 0.3 is 12.1 Å². The molecule has 2 aromatic carbocycles. The number of para-hydroxylation sites is 1. The smallest absolute Gasteiger partial charge is 0.416 e. The third-order valence-corrected chi connectivity index (χ3v) is 5.31. The summed E-state index contributed by atoms with van der Waals surface area (Å²) in [7, 11) is 0. The zero-order valence-corrected chi connectivity index (χ0v) is 16.2. The topological polar surface area (TPSA) is 49.8 Å². The molecule has 1 aliphatic heterocycles. The van der Waals surface area contributed by atoms with E-state index < -0.39 is 17.7 Å². The first-order valence-corrected chi connectivity index (χ1v) is 9.67. The van der Waals surface area contributed by atoms with E-state index in [0.717, 1.165) is 23.3 Å². The molecule has 0 aliphatic carbocycles. The van der Waals surface area contributed by atoms with Gasteiger partial charge in [-0.1, -0.05) is 30.3 Å². The number of alkyl halides is 3. The molecule has 1 heterocycles. The van der Waals surface area contributed by atoms with Gasteiger partial charge in [0, 0.05) is 5.56 Å². The first kappa shape index (κ1) is 21.2. The maximum atomic E-state index is 13.0. The molecule has 0 bridgehead atoms. The number of carboxylic acids is 1. The molecular weight excluding hydrogens is 383 g/mol. The highest BCUT2D eigenvalue weighted by Gasteiger charge is 2.33. The van der Waals surface area contributed by atoms with Crippen LogP contribution in [0.2, 0.25) is 0 Å². The van der Waals surface area contributed by atoms with Gasteiger partial charge in [0.15, 0.2) is 0 Å². The molecule has 1 N–H and O–H groups in total. The second kappa shape index (κ2) is 8.86. The number of piperidine rings is 1. The molecule has 3 rings (SSSR count). The lowest BCUT2D eigenvalue weighted by Crippen LogP contribution is -2.39. The van der Waals surface area contributed by atoms with Gasteiger partial charge < -0.3 is 9.84 Å². The number of rotatable bonds is 6. The lowest BCUT2D eigenvalue weighted by molar-refractivity contribution is -0.143. The zero-order chi connectivity index (χ0) is 21.0. The normalized spacial score (nSPS) is 17.1. The number of carbonyl (C=O) groups is 1. The number of hydrogen-bond acceptors (Lipinski definition) is 3. The highest BCUT2D eigenvalue weighted by atomic mass is 19.4. The molecule has 0 amide bonds. The van der Waals surface area contributed by atoms with Crippen molar-refractivity contribution in [2.45, 2.75) is 32.0 Å². The molecule has 4 nitrogen and oxygen atoms in total. The highest BCUT2D eigenvalue weighted by molar-refractivity contribution is 5.70. The van der Waals surface area contributed by atoms with Gasteiger partial charge in [0.25, 0.3) is 0 Å². The quantitative estimate of drug-likeness (QED) is 0.733. The minimum Gasteiger partial charge on any atom is -0.494 e. The molecule has 29 heavy (non-hydrogen) atoms. The van der Waals surface area contributed by atoms with Crippen molar-refractivity contribution in [3.05, 3.63) is 65.2 Å². The van der Waals surface area contributed by atoms with Crippen molar-refractivity contribution < 1.29 is 27.8 Å². The van der Waals surface area contributed by atoms with E-state index in [4.69, 9.17) is 4.74 Å². The van der Waals surface area contributed by atoms with Crippen LogP contribution >= 0.6 is 0 Å². The predicted molar refractivity (Wildman–Crippen MR) is 103 cm³/mol. The van der Waals surface area contributed by atoms with Crippen LogP contribution in [0.1, 0.15) is 42.5 Å². The summed E-state index contributed by atoms with van der Waals surface area (Å²) >= 11 is 0. The number of nitrogens with zero attached hydrogens (tertiary/aromatic N) is 1. The number of carboxylic acid groups (broad SMARTS) is 1. The fraction of sp³-hybridized carbons (Fsp3) is 0.409. The van der Waals surface area contributed by atoms with Gasteiger partial charge in [0.1, 0.15) is 5.75 Å². The Morgan fingerprint density at radius 1 is 1.14 bits per heavy atom. The monoisotopic (exact) mass is 407 g/mol. The molecule has 0 aromatic heterocycles. The fourth-order valence-electron chi connectivity index (χ4n) is 3.84. The summed E-state index contributed by atoms with van der Waals surface area (Å²) < 4.78 is 44.8. The number of aliphatic carboxylic acids is 1. The number of ether oxygens (including phenoxy) is 1. The Balaban J connectivity index is 1.98. The van der Waals surface area contributed by atoms with E-state index in [9.17, 15) is 23.1 Å². The van der Waals surface area contributed by atoms with Crippen LogP contribution < -0.4 is 4.74 Å². The van der Waals surface area contributed by atoms with Gasteiger partial charge in [-0.05, 0) is 56.6 Å². The third kappa shape index (κ3) is 4.90. The van der Waals surface area contributed by atoms with Crippen LogP contribution in [-0.4, -0.2) is 35.7 Å². The minimum atomic E-state index is -4.39. The van der Waals surface area contributed by atoms with Crippen molar-refractivity contribution in [3.63, 3.8) is 0 Å². The maximum absolute atomic E-state index is 13.0. The molecule has 1 saturated heterocycles. The largest absolute Gasteiger partial charge is 0.494 e. The Morgan fingerprint density at radius 3 is 2.31 bits per heavy atom. The van der Waals surface area contributed by atoms with Crippen molar-refractivity contribution in [2.24, 2.45) is 5.92 Å². The summed E-state index contributed by atoms with van der Waals surface area (Å²) in [5.74, 6) is -0.507. The number of halogens is 3. The SMILES string of the molecule is CCOc1ccccc1C(c1ccc(C(F)(F)F)cc1)N1CCC(C(=O)O)CC1. The molecule has 0 radical (unpaired) electrons. The van der Waals surface area contributed by atoms with Crippen molar-refractivity contribution in [3.8, 4) is 5.75 Å². The third-order valence-electron chi connectivity index (χ3n) is 5.31. The molecule has 1 fully saturated rings. The lowest BCUT2D eigenvalue weighted by atomic mass is 9.90. The van der Waals surface area contributed by atoms with E-state index in [2.05, 4.69) is 4.90 Å². The Bertz CT molecular complexity index is 828. The van der Waals surface area contributed by atoms with Crippen molar-refractivity contribution in [2.75, 3.05) is 19.7 Å². The maximum Gasteiger partial charge on any atom is 0.416 e. The molecule has 1 aliphatic rings.